The summed E-state index contributed by atoms with van der Waals surface area (Å²) in [4.78, 5) is 2.64. The zero-order valence-electron chi connectivity index (χ0n) is 25.4. The minimum Gasteiger partial charge on any atom is -0.309 e. The van der Waals surface area contributed by atoms with Crippen molar-refractivity contribution < 1.29 is 0 Å². The van der Waals surface area contributed by atoms with Crippen LogP contribution in [0.1, 0.15) is 0 Å². The molecule has 222 valence electrons. The summed E-state index contributed by atoms with van der Waals surface area (Å²) in [5.41, 5.74) is 10.8. The number of anilines is 3. The Kier molecular flexibility index (Phi) is 5.18. The van der Waals surface area contributed by atoms with Gasteiger partial charge in [0.1, 0.15) is 0 Å². The van der Waals surface area contributed by atoms with Gasteiger partial charge in [-0.15, -0.1) is 45.3 Å². The van der Waals surface area contributed by atoms with Crippen LogP contribution in [0, 0.1) is 0 Å². The molecule has 12 rings (SSSR count). The summed E-state index contributed by atoms with van der Waals surface area (Å²) in [5.74, 6) is 0. The van der Waals surface area contributed by atoms with Crippen LogP contribution in [0.4, 0.5) is 17.1 Å². The molecule has 10 aromatic rings. The van der Waals surface area contributed by atoms with Crippen molar-refractivity contribution in [3.8, 4) is 22.3 Å². The Labute approximate surface area is 292 Å². The minimum atomic E-state index is 0.225. The van der Waals surface area contributed by atoms with Crippen LogP contribution in [0.2, 0.25) is 0 Å². The van der Waals surface area contributed by atoms with Crippen molar-refractivity contribution in [3.63, 3.8) is 0 Å². The quantitative estimate of drug-likeness (QED) is 0.164. The topological polar surface area (TPSA) is 3.24 Å². The van der Waals surface area contributed by atoms with Gasteiger partial charge in [0, 0.05) is 60.9 Å². The second kappa shape index (κ2) is 9.46. The summed E-state index contributed by atoms with van der Waals surface area (Å²) in [6, 6.07) is 47.8. The van der Waals surface area contributed by atoms with Crippen molar-refractivity contribution >= 4 is 135 Å². The number of benzene rings is 6. The van der Waals surface area contributed by atoms with Crippen LogP contribution in [-0.4, -0.2) is 6.71 Å². The van der Waals surface area contributed by atoms with E-state index < -0.39 is 0 Å². The van der Waals surface area contributed by atoms with Crippen LogP contribution in [0.25, 0.3) is 72.7 Å². The number of nitrogens with zero attached hydrogens (tertiary/aromatic N) is 1. The van der Waals surface area contributed by atoms with Crippen molar-refractivity contribution in [3.05, 3.63) is 133 Å². The average molecular weight is 680 g/mol. The fourth-order valence-electron chi connectivity index (χ4n) is 8.42. The Balaban J connectivity index is 1.26. The van der Waals surface area contributed by atoms with E-state index in [0.29, 0.717) is 0 Å². The molecular formula is C42H22BNS4. The van der Waals surface area contributed by atoms with Gasteiger partial charge in [-0.2, -0.15) is 0 Å². The van der Waals surface area contributed by atoms with Gasteiger partial charge >= 0.3 is 0 Å². The first-order valence-electron chi connectivity index (χ1n) is 16.2. The lowest BCUT2D eigenvalue weighted by Gasteiger charge is -2.34. The molecule has 0 aliphatic carbocycles. The van der Waals surface area contributed by atoms with Crippen molar-refractivity contribution in [2.24, 2.45) is 0 Å². The molecule has 0 radical (unpaired) electrons. The van der Waals surface area contributed by atoms with E-state index in [-0.39, 0.29) is 6.71 Å². The average Bonchev–Trinajstić information content (AvgIpc) is 3.94. The Morgan fingerprint density at radius 1 is 0.479 bits per heavy atom. The monoisotopic (exact) mass is 679 g/mol. The summed E-state index contributed by atoms with van der Waals surface area (Å²) in [6.45, 7) is 0.225. The summed E-state index contributed by atoms with van der Waals surface area (Å²) in [7, 11) is 0. The molecule has 0 unspecified atom stereocenters. The number of thiophene rings is 4. The van der Waals surface area contributed by atoms with Gasteiger partial charge in [0.2, 0.25) is 0 Å². The fourth-order valence-corrected chi connectivity index (χ4v) is 13.2. The van der Waals surface area contributed by atoms with Crippen LogP contribution in [0.3, 0.4) is 0 Å². The molecule has 1 nitrogen and oxygen atoms in total. The third-order valence-electron chi connectivity index (χ3n) is 10.3. The zero-order chi connectivity index (χ0) is 31.1. The SMILES string of the molecule is c1ccc2c(N3c4cc(-c5cccc6sc7ccccc7c56)cc5c4B(c4sc6ccccc6c4-5)c4sc5ccccc5c43)csc2c1. The largest absolute Gasteiger partial charge is 0.309 e. The Bertz CT molecular complexity index is 2990. The smallest absolute Gasteiger partial charge is 0.273 e. The summed E-state index contributed by atoms with van der Waals surface area (Å²) >= 11 is 7.72. The van der Waals surface area contributed by atoms with E-state index in [1.165, 1.54) is 105 Å². The van der Waals surface area contributed by atoms with Crippen LogP contribution in [0.5, 0.6) is 0 Å². The predicted molar refractivity (Wildman–Crippen MR) is 216 cm³/mol. The molecule has 0 bridgehead atoms. The van der Waals surface area contributed by atoms with Gasteiger partial charge in [-0.3, -0.25) is 0 Å². The van der Waals surface area contributed by atoms with Gasteiger partial charge in [0.05, 0.1) is 11.4 Å². The van der Waals surface area contributed by atoms with Gasteiger partial charge in [-0.1, -0.05) is 84.9 Å². The number of hydrogen-bond acceptors (Lipinski definition) is 5. The molecule has 0 fully saturated rings. The van der Waals surface area contributed by atoms with Crippen molar-refractivity contribution in [2.45, 2.75) is 0 Å². The molecule has 0 atom stereocenters. The third kappa shape index (κ3) is 3.31. The maximum absolute atomic E-state index is 2.64. The third-order valence-corrected chi connectivity index (χ3v) is 14.9. The first-order valence-corrected chi connectivity index (χ1v) is 19.5. The maximum Gasteiger partial charge on any atom is 0.273 e. The molecule has 6 heterocycles. The molecule has 0 saturated carbocycles. The fraction of sp³-hybridized carbons (Fsp3) is 0. The molecule has 6 heteroatoms. The molecule has 0 saturated heterocycles. The Morgan fingerprint density at radius 3 is 1.96 bits per heavy atom. The van der Waals surface area contributed by atoms with Crippen molar-refractivity contribution in [2.75, 3.05) is 4.90 Å². The van der Waals surface area contributed by atoms with Crippen molar-refractivity contribution in [1.29, 1.82) is 0 Å². The first-order chi connectivity index (χ1) is 23.8. The second-order valence-corrected chi connectivity index (χ2v) is 16.9. The molecule has 2 aliphatic heterocycles. The lowest BCUT2D eigenvalue weighted by Crippen LogP contribution is -2.52. The van der Waals surface area contributed by atoms with Gasteiger partial charge in [-0.25, -0.2) is 0 Å². The number of rotatable bonds is 2. The van der Waals surface area contributed by atoms with E-state index in [9.17, 15) is 0 Å². The zero-order valence-corrected chi connectivity index (χ0v) is 28.6. The van der Waals surface area contributed by atoms with E-state index in [1.54, 1.807) is 0 Å². The van der Waals surface area contributed by atoms with Crippen molar-refractivity contribution in [1.82, 2.24) is 0 Å². The highest BCUT2D eigenvalue weighted by molar-refractivity contribution is 7.41. The Hall–Kier alpha value is -4.72. The van der Waals surface area contributed by atoms with Gasteiger partial charge in [0.15, 0.2) is 0 Å². The first kappa shape index (κ1) is 26.3. The van der Waals surface area contributed by atoms with Crippen LogP contribution in [0.15, 0.2) is 133 Å². The van der Waals surface area contributed by atoms with Crippen LogP contribution < -0.4 is 19.9 Å². The van der Waals surface area contributed by atoms with E-state index in [2.05, 4.69) is 138 Å². The highest BCUT2D eigenvalue weighted by Crippen LogP contribution is 2.52. The van der Waals surface area contributed by atoms with Crippen LogP contribution >= 0.6 is 45.3 Å². The van der Waals surface area contributed by atoms with E-state index in [1.807, 2.05) is 45.3 Å². The predicted octanol–water partition coefficient (Wildman–Crippen LogP) is 11.6. The molecule has 0 spiro atoms. The lowest BCUT2D eigenvalue weighted by molar-refractivity contribution is 1.35. The standard InChI is InChI=1S/C42H22BNS4/c1-5-15-32-25(10-1)31(22-45-32)44-30-21-23(24-14-9-19-36-37(24)26-11-2-6-16-33(26)46-36)20-29-38-27-12-3-7-17-34(27)47-41(38)43(39(29)30)42-40(44)28-13-4-8-18-35(28)48-42/h1-22H. The Morgan fingerprint density at radius 2 is 1.12 bits per heavy atom. The molecule has 2 aliphatic rings. The molecule has 0 N–H and O–H groups in total. The summed E-state index contributed by atoms with van der Waals surface area (Å²) < 4.78 is 9.69. The summed E-state index contributed by atoms with van der Waals surface area (Å²) in [5, 5.41) is 9.11. The second-order valence-electron chi connectivity index (χ2n) is 12.8. The molecule has 4 aromatic heterocycles. The lowest BCUT2D eigenvalue weighted by atomic mass is 9.43. The number of hydrogen-bond donors (Lipinski definition) is 0. The number of fused-ring (bicyclic) bond motifs is 13. The minimum absolute atomic E-state index is 0.225. The highest BCUT2D eigenvalue weighted by atomic mass is 32.1. The maximum atomic E-state index is 2.64. The van der Waals surface area contributed by atoms with Gasteiger partial charge in [-0.05, 0) is 80.3 Å². The van der Waals surface area contributed by atoms with E-state index >= 15 is 0 Å². The highest BCUT2D eigenvalue weighted by Gasteiger charge is 2.47. The molecular weight excluding hydrogens is 658 g/mol. The van der Waals surface area contributed by atoms with E-state index in [0.717, 1.165) is 0 Å². The summed E-state index contributed by atoms with van der Waals surface area (Å²) in [6.07, 6.45) is 0. The van der Waals surface area contributed by atoms with Crippen LogP contribution in [-0.2, 0) is 0 Å². The molecule has 6 aromatic carbocycles. The van der Waals surface area contributed by atoms with E-state index in [4.69, 9.17) is 0 Å². The van der Waals surface area contributed by atoms with Gasteiger partial charge in [0.25, 0.3) is 6.71 Å². The normalized spacial score (nSPS) is 13.3. The molecule has 0 amide bonds. The molecule has 48 heavy (non-hydrogen) atoms. The van der Waals surface area contributed by atoms with Gasteiger partial charge < -0.3 is 4.90 Å².